The minimum atomic E-state index is -0.375. The molecular weight excluding hydrogens is 591 g/mol. The summed E-state index contributed by atoms with van der Waals surface area (Å²) in [6, 6.07) is 29.9. The summed E-state index contributed by atoms with van der Waals surface area (Å²) in [6.45, 7) is 3.32. The molecule has 2 unspecified atom stereocenters. The van der Waals surface area contributed by atoms with Gasteiger partial charge >= 0.3 is 0 Å². The molecule has 0 aliphatic carbocycles. The van der Waals surface area contributed by atoms with Crippen molar-refractivity contribution in [2.24, 2.45) is 0 Å². The molecule has 6 heteroatoms. The summed E-state index contributed by atoms with van der Waals surface area (Å²) >= 11 is 0. The van der Waals surface area contributed by atoms with E-state index in [2.05, 4.69) is 69.1 Å². The molecule has 1 radical (unpaired) electrons. The molecule has 0 aliphatic heterocycles. The average molecular weight is 617 g/mol. The first-order valence-electron chi connectivity index (χ1n) is 10.7. The Labute approximate surface area is 207 Å². The Balaban J connectivity index is 0.000000337. The zero-order chi connectivity index (χ0) is 22.5. The van der Waals surface area contributed by atoms with Crippen LogP contribution in [0, 0.1) is 6.07 Å². The van der Waals surface area contributed by atoms with Gasteiger partial charge in [-0.2, -0.15) is 0 Å². The summed E-state index contributed by atoms with van der Waals surface area (Å²) in [4.78, 5) is 8.97. The average Bonchev–Trinajstić information content (AvgIpc) is 3.14. The second-order valence-electron chi connectivity index (χ2n) is 7.84. The first-order chi connectivity index (χ1) is 15.5. The number of hydrogen-bond donors (Lipinski definition) is 2. The normalized spacial score (nSPS) is 12.5. The maximum atomic E-state index is 8.56. The number of aliphatic hydroxyl groups excluding tert-OH is 2. The van der Waals surface area contributed by atoms with Crippen LogP contribution in [-0.4, -0.2) is 37.0 Å². The van der Waals surface area contributed by atoms with E-state index in [-0.39, 0.29) is 32.3 Å². The van der Waals surface area contributed by atoms with Gasteiger partial charge in [0.1, 0.15) is 12.1 Å². The monoisotopic (exact) mass is 617 g/mol. The SMILES string of the molecule is CC(O)CC(C)O.[Ir].[c-]1ccccc1-c1cc(-n2c3ccccc3c3ccccc32)ncn1. The van der Waals surface area contributed by atoms with E-state index in [0.717, 1.165) is 28.1 Å². The minimum absolute atomic E-state index is 0. The third kappa shape index (κ3) is 5.73. The summed E-state index contributed by atoms with van der Waals surface area (Å²) in [5.74, 6) is 0.861. The maximum absolute atomic E-state index is 8.56. The van der Waals surface area contributed by atoms with E-state index >= 15 is 0 Å². The number of benzene rings is 3. The second-order valence-corrected chi connectivity index (χ2v) is 7.84. The number of para-hydroxylation sites is 2. The van der Waals surface area contributed by atoms with Crippen LogP contribution in [0.4, 0.5) is 0 Å². The Hall–Kier alpha value is -2.89. The van der Waals surface area contributed by atoms with E-state index in [4.69, 9.17) is 10.2 Å². The zero-order valence-electron chi connectivity index (χ0n) is 18.5. The van der Waals surface area contributed by atoms with Gasteiger partial charge in [-0.25, -0.2) is 4.98 Å². The number of aliphatic hydroxyl groups is 2. The van der Waals surface area contributed by atoms with Crippen LogP contribution >= 0.6 is 0 Å². The fraction of sp³-hybridized carbons (Fsp3) is 0.185. The van der Waals surface area contributed by atoms with Gasteiger partial charge in [-0.3, -0.25) is 9.55 Å². The Morgan fingerprint density at radius 1 is 0.818 bits per heavy atom. The van der Waals surface area contributed by atoms with E-state index in [0.29, 0.717) is 6.42 Å². The zero-order valence-corrected chi connectivity index (χ0v) is 20.9. The summed E-state index contributed by atoms with van der Waals surface area (Å²) < 4.78 is 2.19. The van der Waals surface area contributed by atoms with Gasteiger partial charge in [-0.05, 0) is 44.2 Å². The van der Waals surface area contributed by atoms with Crippen molar-refractivity contribution in [2.75, 3.05) is 0 Å². The summed E-state index contributed by atoms with van der Waals surface area (Å²) in [6.07, 6.45) is 1.34. The van der Waals surface area contributed by atoms with Gasteiger partial charge in [0.05, 0.1) is 23.2 Å². The molecular formula is C27H26IrN3O2-. The molecule has 5 aromatic rings. The van der Waals surface area contributed by atoms with Gasteiger partial charge in [-0.15, -0.1) is 35.9 Å². The summed E-state index contributed by atoms with van der Waals surface area (Å²) in [7, 11) is 0. The van der Waals surface area contributed by atoms with Crippen LogP contribution in [-0.2, 0) is 20.1 Å². The molecule has 0 saturated heterocycles. The van der Waals surface area contributed by atoms with E-state index in [1.165, 1.54) is 10.8 Å². The Morgan fingerprint density at radius 2 is 1.39 bits per heavy atom. The molecule has 2 N–H and O–H groups in total. The predicted molar refractivity (Wildman–Crippen MR) is 129 cm³/mol. The molecule has 33 heavy (non-hydrogen) atoms. The molecule has 0 saturated carbocycles. The molecule has 0 fully saturated rings. The fourth-order valence-electron chi connectivity index (χ4n) is 3.83. The Morgan fingerprint density at radius 3 is 1.91 bits per heavy atom. The molecule has 2 heterocycles. The third-order valence-electron chi connectivity index (χ3n) is 5.13. The van der Waals surface area contributed by atoms with Crippen molar-refractivity contribution in [1.82, 2.24) is 14.5 Å². The minimum Gasteiger partial charge on any atom is -0.393 e. The van der Waals surface area contributed by atoms with Crippen molar-refractivity contribution >= 4 is 21.8 Å². The first kappa shape index (κ1) is 24.7. The number of rotatable bonds is 4. The summed E-state index contributed by atoms with van der Waals surface area (Å²) in [5, 5.41) is 19.6. The van der Waals surface area contributed by atoms with Gasteiger partial charge in [0.15, 0.2) is 0 Å². The van der Waals surface area contributed by atoms with E-state index < -0.39 is 0 Å². The molecule has 0 bridgehead atoms. The van der Waals surface area contributed by atoms with Crippen molar-refractivity contribution in [3.05, 3.63) is 91.3 Å². The topological polar surface area (TPSA) is 71.2 Å². The number of aromatic nitrogens is 3. The molecule has 2 atom stereocenters. The van der Waals surface area contributed by atoms with Gasteiger partial charge in [0, 0.05) is 30.9 Å². The van der Waals surface area contributed by atoms with Crippen molar-refractivity contribution in [2.45, 2.75) is 32.5 Å². The predicted octanol–water partition coefficient (Wildman–Crippen LogP) is 5.18. The molecule has 0 amide bonds. The van der Waals surface area contributed by atoms with Crippen molar-refractivity contribution in [3.63, 3.8) is 0 Å². The van der Waals surface area contributed by atoms with Gasteiger partial charge in [0.2, 0.25) is 0 Å². The van der Waals surface area contributed by atoms with Gasteiger partial charge < -0.3 is 10.2 Å². The third-order valence-corrected chi connectivity index (χ3v) is 5.13. The maximum Gasteiger partial charge on any atom is 0.132 e. The molecule has 0 aliphatic rings. The largest absolute Gasteiger partial charge is 0.393 e. The van der Waals surface area contributed by atoms with Crippen LogP contribution in [0.3, 0.4) is 0 Å². The first-order valence-corrected chi connectivity index (χ1v) is 10.7. The van der Waals surface area contributed by atoms with E-state index in [9.17, 15) is 0 Å². The second kappa shape index (κ2) is 11.3. The fourth-order valence-corrected chi connectivity index (χ4v) is 3.83. The van der Waals surface area contributed by atoms with Crippen LogP contribution in [0.15, 0.2) is 85.2 Å². The molecule has 5 rings (SSSR count). The van der Waals surface area contributed by atoms with Crippen molar-refractivity contribution < 1.29 is 30.3 Å². The van der Waals surface area contributed by atoms with Crippen molar-refractivity contribution in [1.29, 1.82) is 0 Å². The van der Waals surface area contributed by atoms with Crippen molar-refractivity contribution in [3.8, 4) is 17.1 Å². The Bertz CT molecular complexity index is 1260. The van der Waals surface area contributed by atoms with Crippen LogP contribution in [0.2, 0.25) is 0 Å². The van der Waals surface area contributed by atoms with Crippen LogP contribution in [0.5, 0.6) is 0 Å². The molecule has 2 aromatic heterocycles. The quantitative estimate of drug-likeness (QED) is 0.273. The van der Waals surface area contributed by atoms with E-state index in [1.807, 2.05) is 30.3 Å². The summed E-state index contributed by atoms with van der Waals surface area (Å²) in [5.41, 5.74) is 4.12. The smallest absolute Gasteiger partial charge is 0.132 e. The Kier molecular flexibility index (Phi) is 8.48. The standard InChI is InChI=1S/C22H14N3.C5H12O2.Ir/c1-2-8-16(9-3-1)19-14-22(24-15-23-19)25-20-12-6-4-10-17(20)18-11-5-7-13-21(18)25;1-4(6)3-5(2)7;/h1-8,10-15H;4-7H,3H2,1-2H3;/q-1;;. The molecule has 171 valence electrons. The van der Waals surface area contributed by atoms with Gasteiger partial charge in [-0.1, -0.05) is 36.4 Å². The van der Waals surface area contributed by atoms with Gasteiger partial charge in [0.25, 0.3) is 0 Å². The van der Waals surface area contributed by atoms with Crippen LogP contribution < -0.4 is 0 Å². The van der Waals surface area contributed by atoms with E-state index in [1.54, 1.807) is 20.2 Å². The molecule has 3 aromatic carbocycles. The number of nitrogens with zero attached hydrogens (tertiary/aromatic N) is 3. The molecule has 5 nitrogen and oxygen atoms in total. The van der Waals surface area contributed by atoms with Crippen LogP contribution in [0.25, 0.3) is 38.9 Å². The van der Waals surface area contributed by atoms with Crippen LogP contribution in [0.1, 0.15) is 20.3 Å². The molecule has 0 spiro atoms. The number of fused-ring (bicyclic) bond motifs is 3. The number of hydrogen-bond acceptors (Lipinski definition) is 4.